The molecule has 0 aromatic heterocycles. The smallest absolute Gasteiger partial charge is 0.170 e. The van der Waals surface area contributed by atoms with Crippen LogP contribution in [-0.4, -0.2) is 29.5 Å². The summed E-state index contributed by atoms with van der Waals surface area (Å²) in [6, 6.07) is 7.90. The molecule has 110 valence electrons. The number of hydrogen-bond donors (Lipinski definition) is 2. The second-order valence-electron chi connectivity index (χ2n) is 5.88. The molecule has 0 unspecified atom stereocenters. The lowest BCUT2D eigenvalue weighted by Crippen LogP contribution is -2.26. The van der Waals surface area contributed by atoms with Crippen LogP contribution in [0.3, 0.4) is 0 Å². The first-order valence-corrected chi connectivity index (χ1v) is 7.44. The van der Waals surface area contributed by atoms with Crippen molar-refractivity contribution in [2.45, 2.75) is 38.6 Å². The van der Waals surface area contributed by atoms with Gasteiger partial charge in [0.15, 0.2) is 5.84 Å². The van der Waals surface area contributed by atoms with Crippen LogP contribution in [0.25, 0.3) is 0 Å². The highest BCUT2D eigenvalue weighted by Gasteiger charge is 2.15. The highest BCUT2D eigenvalue weighted by Crippen LogP contribution is 2.24. The monoisotopic (exact) mass is 275 g/mol. The first-order valence-electron chi connectivity index (χ1n) is 7.44. The number of benzene rings is 1. The van der Waals surface area contributed by atoms with Crippen molar-refractivity contribution >= 4 is 5.84 Å². The Bertz CT molecular complexity index is 436. The third kappa shape index (κ3) is 4.23. The minimum absolute atomic E-state index is 0.159. The summed E-state index contributed by atoms with van der Waals surface area (Å²) in [6.45, 7) is 2.13. The molecule has 4 heteroatoms. The Morgan fingerprint density at radius 1 is 1.25 bits per heavy atom. The summed E-state index contributed by atoms with van der Waals surface area (Å²) in [6.07, 6.45) is 6.97. The van der Waals surface area contributed by atoms with E-state index in [9.17, 15) is 0 Å². The molecule has 20 heavy (non-hydrogen) atoms. The zero-order chi connectivity index (χ0) is 14.4. The molecule has 1 aliphatic carbocycles. The minimum Gasteiger partial charge on any atom is -0.409 e. The molecule has 0 amide bonds. The van der Waals surface area contributed by atoms with Crippen LogP contribution in [0.2, 0.25) is 0 Å². The number of amidine groups is 1. The van der Waals surface area contributed by atoms with Gasteiger partial charge in [-0.2, -0.15) is 0 Å². The van der Waals surface area contributed by atoms with Gasteiger partial charge in [0.2, 0.25) is 0 Å². The van der Waals surface area contributed by atoms with Crippen molar-refractivity contribution in [2.75, 3.05) is 13.6 Å². The summed E-state index contributed by atoms with van der Waals surface area (Å²) >= 11 is 0. The fourth-order valence-electron chi connectivity index (χ4n) is 3.03. The third-order valence-electron chi connectivity index (χ3n) is 4.10. The first-order chi connectivity index (χ1) is 9.69. The van der Waals surface area contributed by atoms with E-state index in [4.69, 9.17) is 10.9 Å². The number of nitrogens with zero attached hydrogens (tertiary/aromatic N) is 2. The largest absolute Gasteiger partial charge is 0.409 e. The van der Waals surface area contributed by atoms with E-state index in [2.05, 4.69) is 17.1 Å². The van der Waals surface area contributed by atoms with Crippen molar-refractivity contribution < 1.29 is 5.21 Å². The number of hydrogen-bond acceptors (Lipinski definition) is 3. The molecule has 2 rings (SSSR count). The molecule has 0 radical (unpaired) electrons. The molecule has 0 saturated heterocycles. The zero-order valence-corrected chi connectivity index (χ0v) is 12.3. The topological polar surface area (TPSA) is 61.8 Å². The fourth-order valence-corrected chi connectivity index (χ4v) is 3.03. The van der Waals surface area contributed by atoms with E-state index < -0.39 is 0 Å². The number of oxime groups is 1. The van der Waals surface area contributed by atoms with Gasteiger partial charge in [0.1, 0.15) is 0 Å². The molecule has 1 saturated carbocycles. The van der Waals surface area contributed by atoms with Crippen LogP contribution in [0, 0.1) is 5.92 Å². The highest BCUT2D eigenvalue weighted by atomic mass is 16.4. The normalized spacial score (nSPS) is 17.6. The lowest BCUT2D eigenvalue weighted by Gasteiger charge is -2.27. The molecule has 1 aromatic carbocycles. The van der Waals surface area contributed by atoms with Gasteiger partial charge in [0.25, 0.3) is 0 Å². The van der Waals surface area contributed by atoms with Gasteiger partial charge in [0.05, 0.1) is 0 Å². The molecule has 1 aromatic rings. The Morgan fingerprint density at radius 2 is 1.90 bits per heavy atom. The standard InChI is InChI=1S/C16H25N3O/c1-19(11-13-5-3-2-4-6-13)12-14-7-9-15(10-8-14)16(17)18-20/h7-10,13,20H,2-6,11-12H2,1H3,(H2,17,18). The highest BCUT2D eigenvalue weighted by molar-refractivity contribution is 5.96. The summed E-state index contributed by atoms with van der Waals surface area (Å²) in [7, 11) is 2.19. The van der Waals surface area contributed by atoms with Crippen molar-refractivity contribution in [3.8, 4) is 0 Å². The van der Waals surface area contributed by atoms with Crippen LogP contribution < -0.4 is 5.73 Å². The van der Waals surface area contributed by atoms with Gasteiger partial charge in [-0.1, -0.05) is 48.7 Å². The molecule has 3 N–H and O–H groups in total. The molecule has 0 bridgehead atoms. The fraction of sp³-hybridized carbons (Fsp3) is 0.562. The van der Waals surface area contributed by atoms with E-state index in [1.807, 2.05) is 24.3 Å². The van der Waals surface area contributed by atoms with Crippen LogP contribution in [-0.2, 0) is 6.54 Å². The van der Waals surface area contributed by atoms with Crippen LogP contribution in [0.1, 0.15) is 43.2 Å². The average Bonchev–Trinajstić information content (AvgIpc) is 2.48. The van der Waals surface area contributed by atoms with Gasteiger partial charge in [-0.15, -0.1) is 0 Å². The lowest BCUT2D eigenvalue weighted by atomic mass is 9.89. The maximum atomic E-state index is 8.64. The molecule has 0 aliphatic heterocycles. The SMILES string of the molecule is CN(Cc1ccc(C(N)=NO)cc1)CC1CCCCC1. The molecule has 0 atom stereocenters. The van der Waals surface area contributed by atoms with Crippen molar-refractivity contribution in [1.29, 1.82) is 0 Å². The Labute approximate surface area is 121 Å². The van der Waals surface area contributed by atoms with E-state index in [0.717, 1.165) is 18.0 Å². The summed E-state index contributed by atoms with van der Waals surface area (Å²) in [5.74, 6) is 1.03. The van der Waals surface area contributed by atoms with Crippen LogP contribution in [0.15, 0.2) is 29.4 Å². The van der Waals surface area contributed by atoms with Gasteiger partial charge in [-0.3, -0.25) is 0 Å². The molecular formula is C16H25N3O. The van der Waals surface area contributed by atoms with Crippen molar-refractivity contribution in [3.63, 3.8) is 0 Å². The quantitative estimate of drug-likeness (QED) is 0.376. The lowest BCUT2D eigenvalue weighted by molar-refractivity contribution is 0.228. The summed E-state index contributed by atoms with van der Waals surface area (Å²) in [5.41, 5.74) is 7.58. The Hall–Kier alpha value is -1.55. The second-order valence-corrected chi connectivity index (χ2v) is 5.88. The molecule has 1 fully saturated rings. The second kappa shape index (κ2) is 7.29. The predicted octanol–water partition coefficient (Wildman–Crippen LogP) is 2.79. The Kier molecular flexibility index (Phi) is 5.41. The molecule has 1 aliphatic rings. The van der Waals surface area contributed by atoms with Gasteiger partial charge < -0.3 is 15.8 Å². The van der Waals surface area contributed by atoms with Gasteiger partial charge in [0, 0.05) is 18.7 Å². The van der Waals surface area contributed by atoms with Gasteiger partial charge in [-0.05, 0) is 31.4 Å². The predicted molar refractivity (Wildman–Crippen MR) is 81.9 cm³/mol. The molecular weight excluding hydrogens is 250 g/mol. The van der Waals surface area contributed by atoms with Crippen LogP contribution in [0.4, 0.5) is 0 Å². The Balaban J connectivity index is 1.85. The number of nitrogens with two attached hydrogens (primary N) is 1. The van der Waals surface area contributed by atoms with Crippen LogP contribution in [0.5, 0.6) is 0 Å². The van der Waals surface area contributed by atoms with Gasteiger partial charge in [-0.25, -0.2) is 0 Å². The summed E-state index contributed by atoms with van der Waals surface area (Å²) in [5, 5.41) is 11.7. The van der Waals surface area contributed by atoms with Crippen molar-refractivity contribution in [3.05, 3.63) is 35.4 Å². The first kappa shape index (κ1) is 14.9. The van der Waals surface area contributed by atoms with E-state index in [0.29, 0.717) is 0 Å². The molecule has 4 nitrogen and oxygen atoms in total. The number of rotatable bonds is 5. The zero-order valence-electron chi connectivity index (χ0n) is 12.3. The minimum atomic E-state index is 0.159. The van der Waals surface area contributed by atoms with E-state index in [1.165, 1.54) is 44.2 Å². The van der Waals surface area contributed by atoms with E-state index >= 15 is 0 Å². The Morgan fingerprint density at radius 3 is 2.50 bits per heavy atom. The third-order valence-corrected chi connectivity index (χ3v) is 4.10. The maximum absolute atomic E-state index is 8.64. The van der Waals surface area contributed by atoms with Crippen LogP contribution >= 0.6 is 0 Å². The summed E-state index contributed by atoms with van der Waals surface area (Å²) < 4.78 is 0. The van der Waals surface area contributed by atoms with Crippen molar-refractivity contribution in [1.82, 2.24) is 4.90 Å². The van der Waals surface area contributed by atoms with Gasteiger partial charge >= 0.3 is 0 Å². The van der Waals surface area contributed by atoms with Crippen molar-refractivity contribution in [2.24, 2.45) is 16.8 Å². The average molecular weight is 275 g/mol. The van der Waals surface area contributed by atoms with E-state index in [-0.39, 0.29) is 5.84 Å². The molecule has 0 spiro atoms. The van der Waals surface area contributed by atoms with E-state index in [1.54, 1.807) is 0 Å². The summed E-state index contributed by atoms with van der Waals surface area (Å²) in [4.78, 5) is 2.40. The molecule has 0 heterocycles. The maximum Gasteiger partial charge on any atom is 0.170 e.